The summed E-state index contributed by atoms with van der Waals surface area (Å²) in [7, 11) is 1.56. The summed E-state index contributed by atoms with van der Waals surface area (Å²) in [5.41, 5.74) is 1.78. The van der Waals surface area contributed by atoms with Crippen molar-refractivity contribution >= 4 is 18.0 Å². The number of amides is 1. The lowest BCUT2D eigenvalue weighted by Crippen LogP contribution is -2.32. The van der Waals surface area contributed by atoms with Gasteiger partial charge < -0.3 is 19.5 Å². The molecule has 160 valence electrons. The maximum Gasteiger partial charge on any atom is 0.331 e. The third kappa shape index (κ3) is 7.28. The number of rotatable bonds is 11. The normalized spacial score (nSPS) is 11.7. The van der Waals surface area contributed by atoms with Crippen LogP contribution in [0.2, 0.25) is 0 Å². The van der Waals surface area contributed by atoms with Crippen molar-refractivity contribution in [2.45, 2.75) is 32.7 Å². The molecule has 0 heterocycles. The van der Waals surface area contributed by atoms with Crippen LogP contribution >= 0.6 is 0 Å². The number of benzene rings is 2. The lowest BCUT2D eigenvalue weighted by molar-refractivity contribution is -0.144. The minimum absolute atomic E-state index is 0.103. The number of carbonyl (C=O) groups is 2. The number of esters is 1. The monoisotopic (exact) mass is 411 g/mol. The summed E-state index contributed by atoms with van der Waals surface area (Å²) in [5.74, 6) is 0.289. The molecule has 0 aliphatic heterocycles. The van der Waals surface area contributed by atoms with E-state index in [1.54, 1.807) is 31.4 Å². The minimum atomic E-state index is -0.593. The van der Waals surface area contributed by atoms with Crippen LogP contribution in [0.3, 0.4) is 0 Å². The SMILES string of the molecule is CCC[C@@H](NC(=O)COC(=O)/C=C/c1ccc(OCC)c(OC)c1)c1ccccc1. The molecule has 2 rings (SSSR count). The highest BCUT2D eigenvalue weighted by molar-refractivity contribution is 5.89. The molecule has 0 saturated carbocycles. The molecule has 0 aliphatic carbocycles. The molecule has 0 aromatic heterocycles. The summed E-state index contributed by atoms with van der Waals surface area (Å²) in [4.78, 5) is 24.2. The molecule has 0 unspecified atom stereocenters. The van der Waals surface area contributed by atoms with Crippen LogP contribution in [0.4, 0.5) is 0 Å². The van der Waals surface area contributed by atoms with Gasteiger partial charge in [-0.15, -0.1) is 0 Å². The van der Waals surface area contributed by atoms with Crippen LogP contribution in [0.25, 0.3) is 6.08 Å². The second kappa shape index (κ2) is 12.3. The maximum atomic E-state index is 12.2. The lowest BCUT2D eigenvalue weighted by Gasteiger charge is -2.18. The summed E-state index contributed by atoms with van der Waals surface area (Å²) in [6.45, 7) is 4.15. The Labute approximate surface area is 177 Å². The van der Waals surface area contributed by atoms with Crippen molar-refractivity contribution < 1.29 is 23.8 Å². The zero-order valence-electron chi connectivity index (χ0n) is 17.7. The van der Waals surface area contributed by atoms with E-state index in [0.29, 0.717) is 18.1 Å². The fourth-order valence-electron chi connectivity index (χ4n) is 2.94. The molecule has 6 heteroatoms. The zero-order chi connectivity index (χ0) is 21.8. The molecule has 0 radical (unpaired) electrons. The van der Waals surface area contributed by atoms with E-state index in [2.05, 4.69) is 12.2 Å². The van der Waals surface area contributed by atoms with Gasteiger partial charge in [0.1, 0.15) is 0 Å². The standard InChI is InChI=1S/C24H29NO5/c1-4-9-20(19-10-7-6-8-11-19)25-23(26)17-30-24(27)15-13-18-12-14-21(29-5-2)22(16-18)28-3/h6-8,10-16,20H,4-5,9,17H2,1-3H3,(H,25,26)/b15-13+/t20-/m1/s1. The first-order chi connectivity index (χ1) is 14.6. The van der Waals surface area contributed by atoms with Gasteiger partial charge in [-0.05, 0) is 42.7 Å². The van der Waals surface area contributed by atoms with Crippen LogP contribution in [-0.4, -0.2) is 32.2 Å². The van der Waals surface area contributed by atoms with Crippen molar-refractivity contribution in [3.05, 3.63) is 65.7 Å². The molecule has 30 heavy (non-hydrogen) atoms. The van der Waals surface area contributed by atoms with Crippen LogP contribution in [0.5, 0.6) is 11.5 Å². The van der Waals surface area contributed by atoms with Crippen LogP contribution in [-0.2, 0) is 14.3 Å². The topological polar surface area (TPSA) is 73.9 Å². The van der Waals surface area contributed by atoms with Crippen LogP contribution in [0.1, 0.15) is 43.9 Å². The van der Waals surface area contributed by atoms with Gasteiger partial charge in [-0.25, -0.2) is 4.79 Å². The van der Waals surface area contributed by atoms with Crippen molar-refractivity contribution in [1.29, 1.82) is 0 Å². The van der Waals surface area contributed by atoms with E-state index in [1.807, 2.05) is 37.3 Å². The van der Waals surface area contributed by atoms with E-state index >= 15 is 0 Å². The van der Waals surface area contributed by atoms with E-state index in [9.17, 15) is 9.59 Å². The van der Waals surface area contributed by atoms with Gasteiger partial charge >= 0.3 is 5.97 Å². The summed E-state index contributed by atoms with van der Waals surface area (Å²) >= 11 is 0. The van der Waals surface area contributed by atoms with Crippen molar-refractivity contribution in [2.24, 2.45) is 0 Å². The van der Waals surface area contributed by atoms with Gasteiger partial charge in [-0.1, -0.05) is 49.7 Å². The fraction of sp³-hybridized carbons (Fsp3) is 0.333. The molecule has 0 saturated heterocycles. The summed E-state index contributed by atoms with van der Waals surface area (Å²) in [5, 5.41) is 2.93. The smallest absolute Gasteiger partial charge is 0.331 e. The molecule has 2 aromatic rings. The molecular formula is C24H29NO5. The highest BCUT2D eigenvalue weighted by Crippen LogP contribution is 2.28. The predicted molar refractivity (Wildman–Crippen MR) is 116 cm³/mol. The fourth-order valence-corrected chi connectivity index (χ4v) is 2.94. The van der Waals surface area contributed by atoms with Gasteiger partial charge in [0.25, 0.3) is 5.91 Å². The number of ether oxygens (including phenoxy) is 3. The third-order valence-corrected chi connectivity index (χ3v) is 4.36. The molecule has 2 aromatic carbocycles. The Morgan fingerprint density at radius 3 is 2.50 bits per heavy atom. The second-order valence-electron chi connectivity index (χ2n) is 6.60. The Bertz CT molecular complexity index is 848. The first kappa shape index (κ1) is 23.0. The van der Waals surface area contributed by atoms with Crippen molar-refractivity contribution in [3.63, 3.8) is 0 Å². The van der Waals surface area contributed by atoms with E-state index in [1.165, 1.54) is 6.08 Å². The average molecular weight is 411 g/mol. The first-order valence-corrected chi connectivity index (χ1v) is 10.1. The molecule has 6 nitrogen and oxygen atoms in total. The largest absolute Gasteiger partial charge is 0.493 e. The van der Waals surface area contributed by atoms with Gasteiger partial charge in [-0.3, -0.25) is 4.79 Å². The summed E-state index contributed by atoms with van der Waals surface area (Å²) in [6, 6.07) is 15.0. The van der Waals surface area contributed by atoms with E-state index < -0.39 is 5.97 Å². The van der Waals surface area contributed by atoms with Crippen LogP contribution in [0.15, 0.2) is 54.6 Å². The highest BCUT2D eigenvalue weighted by atomic mass is 16.5. The van der Waals surface area contributed by atoms with Gasteiger partial charge in [0, 0.05) is 6.08 Å². The number of carbonyl (C=O) groups excluding carboxylic acids is 2. The molecule has 0 fully saturated rings. The number of hydrogen-bond donors (Lipinski definition) is 1. The predicted octanol–water partition coefficient (Wildman–Crippen LogP) is 4.31. The van der Waals surface area contributed by atoms with Crippen molar-refractivity contribution in [2.75, 3.05) is 20.3 Å². The number of hydrogen-bond acceptors (Lipinski definition) is 5. The lowest BCUT2D eigenvalue weighted by atomic mass is 10.0. The Hall–Kier alpha value is -3.28. The molecule has 1 atom stereocenters. The van der Waals surface area contributed by atoms with Crippen molar-refractivity contribution in [3.8, 4) is 11.5 Å². The van der Waals surface area contributed by atoms with Crippen LogP contribution < -0.4 is 14.8 Å². The van der Waals surface area contributed by atoms with E-state index in [-0.39, 0.29) is 18.6 Å². The van der Waals surface area contributed by atoms with Gasteiger partial charge in [0.05, 0.1) is 19.8 Å². The molecular weight excluding hydrogens is 382 g/mol. The Balaban J connectivity index is 1.88. The molecule has 0 bridgehead atoms. The third-order valence-electron chi connectivity index (χ3n) is 4.36. The van der Waals surface area contributed by atoms with Gasteiger partial charge in [0.2, 0.25) is 0 Å². The zero-order valence-corrected chi connectivity index (χ0v) is 17.7. The maximum absolute atomic E-state index is 12.2. The molecule has 1 N–H and O–H groups in total. The molecule has 0 spiro atoms. The van der Waals surface area contributed by atoms with Crippen LogP contribution in [0, 0.1) is 0 Å². The van der Waals surface area contributed by atoms with E-state index in [0.717, 1.165) is 24.0 Å². The Kier molecular flexibility index (Phi) is 9.45. The quantitative estimate of drug-likeness (QED) is 0.441. The van der Waals surface area contributed by atoms with Gasteiger partial charge in [0.15, 0.2) is 18.1 Å². The van der Waals surface area contributed by atoms with Gasteiger partial charge in [-0.2, -0.15) is 0 Å². The second-order valence-corrected chi connectivity index (χ2v) is 6.60. The Morgan fingerprint density at radius 1 is 1.07 bits per heavy atom. The average Bonchev–Trinajstić information content (AvgIpc) is 2.77. The molecule has 0 aliphatic rings. The number of nitrogens with one attached hydrogen (secondary N) is 1. The van der Waals surface area contributed by atoms with E-state index in [4.69, 9.17) is 14.2 Å². The summed E-state index contributed by atoms with van der Waals surface area (Å²) in [6.07, 6.45) is 4.61. The first-order valence-electron chi connectivity index (χ1n) is 10.1. The Morgan fingerprint density at radius 2 is 1.83 bits per heavy atom. The highest BCUT2D eigenvalue weighted by Gasteiger charge is 2.14. The summed E-state index contributed by atoms with van der Waals surface area (Å²) < 4.78 is 15.8. The molecule has 1 amide bonds. The minimum Gasteiger partial charge on any atom is -0.493 e. The van der Waals surface area contributed by atoms with Crippen molar-refractivity contribution in [1.82, 2.24) is 5.32 Å². The number of methoxy groups -OCH3 is 1.